The van der Waals surface area contributed by atoms with Gasteiger partial charge in [-0.2, -0.15) is 4.57 Å². The van der Waals surface area contributed by atoms with Crippen LogP contribution in [0.3, 0.4) is 0 Å². The maximum Gasteiger partial charge on any atom is 0.233 e. The summed E-state index contributed by atoms with van der Waals surface area (Å²) in [5.74, 6) is 0. The van der Waals surface area contributed by atoms with E-state index in [0.717, 1.165) is 6.67 Å². The van der Waals surface area contributed by atoms with Crippen LogP contribution in [-0.2, 0) is 6.67 Å². The smallest absolute Gasteiger partial charge is 0.233 e. The number of hydrogen-bond donors (Lipinski definition) is 0. The zero-order chi connectivity index (χ0) is 17.9. The molecule has 0 atom stereocenters. The van der Waals surface area contributed by atoms with Crippen molar-refractivity contribution in [1.82, 2.24) is 4.57 Å². The van der Waals surface area contributed by atoms with E-state index in [4.69, 9.17) is 0 Å². The van der Waals surface area contributed by atoms with Gasteiger partial charge in [0.15, 0.2) is 6.20 Å². The van der Waals surface area contributed by atoms with E-state index >= 15 is 0 Å². The van der Waals surface area contributed by atoms with Gasteiger partial charge in [0.05, 0.1) is 10.9 Å². The van der Waals surface area contributed by atoms with Gasteiger partial charge < -0.3 is 0 Å². The van der Waals surface area contributed by atoms with Crippen LogP contribution in [0.5, 0.6) is 0 Å². The molecule has 2 nitrogen and oxygen atoms in total. The molecule has 1 aliphatic heterocycles. The highest BCUT2D eigenvalue weighted by Crippen LogP contribution is 2.45. The van der Waals surface area contributed by atoms with Gasteiger partial charge >= 0.3 is 0 Å². The fourth-order valence-corrected chi connectivity index (χ4v) is 6.30. The first-order chi connectivity index (χ1) is 13.2. The quantitative estimate of drug-likeness (QED) is 0.229. The molecule has 27 heavy (non-hydrogen) atoms. The van der Waals surface area contributed by atoms with Crippen molar-refractivity contribution in [2.75, 3.05) is 0 Å². The zero-order valence-corrected chi connectivity index (χ0v) is 16.0. The number of pyridine rings is 1. The van der Waals surface area contributed by atoms with Crippen molar-refractivity contribution in [2.24, 2.45) is 0 Å². The maximum absolute atomic E-state index is 2.50. The molecule has 128 valence electrons. The van der Waals surface area contributed by atoms with Crippen LogP contribution in [0.1, 0.15) is 11.3 Å². The summed E-state index contributed by atoms with van der Waals surface area (Å²) in [6.45, 7) is 5.35. The van der Waals surface area contributed by atoms with Crippen molar-refractivity contribution in [3.63, 3.8) is 0 Å². The minimum atomic E-state index is 0.875. The standard InChI is InChI=1S/C24H17N2S/c1-13-9-10-25-12-26-14(2)11-18-16-6-4-3-5-15(16)17-7-8-19-21(20(17)22(18)26)23(25)24(13)27-19/h3-11H,12H2,1-2H3/q+1. The Balaban J connectivity index is 1.96. The Bertz CT molecular complexity index is 1610. The Morgan fingerprint density at radius 1 is 0.889 bits per heavy atom. The van der Waals surface area contributed by atoms with Gasteiger partial charge in [0, 0.05) is 27.2 Å². The molecule has 0 spiro atoms. The van der Waals surface area contributed by atoms with Gasteiger partial charge in [-0.15, -0.1) is 11.3 Å². The van der Waals surface area contributed by atoms with Crippen LogP contribution in [0, 0.1) is 13.8 Å². The van der Waals surface area contributed by atoms with Crippen LogP contribution in [0.25, 0.3) is 52.8 Å². The van der Waals surface area contributed by atoms with Gasteiger partial charge in [-0.3, -0.25) is 4.57 Å². The van der Waals surface area contributed by atoms with Crippen LogP contribution in [0.4, 0.5) is 0 Å². The Hall–Kier alpha value is -2.91. The molecule has 7 rings (SSSR count). The van der Waals surface area contributed by atoms with Gasteiger partial charge in [0.2, 0.25) is 12.2 Å². The number of aromatic nitrogens is 2. The lowest BCUT2D eigenvalue weighted by molar-refractivity contribution is -0.674. The minimum absolute atomic E-state index is 0.875. The highest BCUT2D eigenvalue weighted by Gasteiger charge is 2.27. The van der Waals surface area contributed by atoms with Gasteiger partial charge in [0.1, 0.15) is 4.70 Å². The van der Waals surface area contributed by atoms with Crippen molar-refractivity contribution < 1.29 is 4.57 Å². The van der Waals surface area contributed by atoms with E-state index in [2.05, 4.69) is 77.7 Å². The first-order valence-corrected chi connectivity index (χ1v) is 10.2. The molecule has 3 aromatic carbocycles. The number of aryl methyl sites for hydroxylation is 2. The third-order valence-electron chi connectivity index (χ3n) is 6.32. The van der Waals surface area contributed by atoms with E-state index in [1.807, 2.05) is 11.3 Å². The molecule has 1 aliphatic rings. The highest BCUT2D eigenvalue weighted by atomic mass is 32.1. The van der Waals surface area contributed by atoms with Crippen molar-refractivity contribution in [3.8, 4) is 0 Å². The molecule has 0 fully saturated rings. The molecule has 0 aliphatic carbocycles. The molecular weight excluding hydrogens is 348 g/mol. The largest absolute Gasteiger partial charge is 0.289 e. The Kier molecular flexibility index (Phi) is 2.36. The van der Waals surface area contributed by atoms with Gasteiger partial charge in [-0.1, -0.05) is 30.3 Å². The molecule has 6 aromatic rings. The highest BCUT2D eigenvalue weighted by molar-refractivity contribution is 7.26. The number of benzene rings is 3. The summed E-state index contributed by atoms with van der Waals surface area (Å²) >= 11 is 1.94. The molecule has 0 unspecified atom stereocenters. The second-order valence-corrected chi connectivity index (χ2v) is 8.82. The summed E-state index contributed by atoms with van der Waals surface area (Å²) in [7, 11) is 0. The molecule has 4 heterocycles. The average Bonchev–Trinajstić information content (AvgIpc) is 3.18. The first kappa shape index (κ1) is 14.2. The average molecular weight is 365 g/mol. The van der Waals surface area contributed by atoms with E-state index < -0.39 is 0 Å². The third kappa shape index (κ3) is 1.52. The van der Waals surface area contributed by atoms with E-state index in [9.17, 15) is 0 Å². The predicted molar refractivity (Wildman–Crippen MR) is 115 cm³/mol. The molecule has 0 saturated carbocycles. The summed E-state index contributed by atoms with van der Waals surface area (Å²) in [5, 5.41) is 8.34. The van der Waals surface area contributed by atoms with Gasteiger partial charge in [-0.25, -0.2) is 0 Å². The SMILES string of the molecule is Cc1cc[n+]2c3c1sc1ccc4c5ccccc5c5cc(C)n(c5c4c13)C2. The first-order valence-electron chi connectivity index (χ1n) is 9.41. The van der Waals surface area contributed by atoms with Crippen molar-refractivity contribution in [1.29, 1.82) is 0 Å². The normalized spacial score (nSPS) is 13.4. The lowest BCUT2D eigenvalue weighted by atomic mass is 9.96. The Labute approximate surface area is 159 Å². The molecule has 0 radical (unpaired) electrons. The number of fused-ring (bicyclic) bond motifs is 3. The zero-order valence-electron chi connectivity index (χ0n) is 15.2. The third-order valence-corrected chi connectivity index (χ3v) is 7.60. The van der Waals surface area contributed by atoms with E-state index in [1.54, 1.807) is 0 Å². The molecule has 0 N–H and O–H groups in total. The predicted octanol–water partition coefficient (Wildman–Crippen LogP) is 6.04. The fourth-order valence-electron chi connectivity index (χ4n) is 5.10. The lowest BCUT2D eigenvalue weighted by Crippen LogP contribution is -2.37. The fraction of sp³-hybridized carbons (Fsp3) is 0.125. The summed E-state index contributed by atoms with van der Waals surface area (Å²) < 4.78 is 7.76. The summed E-state index contributed by atoms with van der Waals surface area (Å²) in [5.41, 5.74) is 5.50. The number of nitrogens with zero attached hydrogens (tertiary/aromatic N) is 2. The summed E-state index contributed by atoms with van der Waals surface area (Å²) in [6, 6.07) is 18.2. The molecule has 0 bridgehead atoms. The summed E-state index contributed by atoms with van der Waals surface area (Å²) in [6.07, 6.45) is 2.26. The lowest BCUT2D eigenvalue weighted by Gasteiger charge is -2.09. The van der Waals surface area contributed by atoms with E-state index in [1.165, 1.54) is 64.0 Å². The minimum Gasteiger partial charge on any atom is -0.289 e. The van der Waals surface area contributed by atoms with Crippen LogP contribution in [-0.4, -0.2) is 4.57 Å². The number of hydrogen-bond acceptors (Lipinski definition) is 1. The second-order valence-electron chi connectivity index (χ2n) is 7.77. The molecular formula is C24H17N2S+. The molecule has 0 saturated heterocycles. The van der Waals surface area contributed by atoms with E-state index in [-0.39, 0.29) is 0 Å². The van der Waals surface area contributed by atoms with Crippen molar-refractivity contribution in [2.45, 2.75) is 20.5 Å². The topological polar surface area (TPSA) is 8.81 Å². The Morgan fingerprint density at radius 3 is 2.56 bits per heavy atom. The molecule has 0 amide bonds. The summed E-state index contributed by atoms with van der Waals surface area (Å²) in [4.78, 5) is 0. The van der Waals surface area contributed by atoms with Crippen LogP contribution >= 0.6 is 11.3 Å². The van der Waals surface area contributed by atoms with Crippen LogP contribution in [0.2, 0.25) is 0 Å². The van der Waals surface area contributed by atoms with Crippen molar-refractivity contribution in [3.05, 3.63) is 66.0 Å². The molecule has 3 heteroatoms. The molecule has 3 aromatic heterocycles. The Morgan fingerprint density at radius 2 is 1.70 bits per heavy atom. The van der Waals surface area contributed by atoms with E-state index in [0.29, 0.717) is 0 Å². The van der Waals surface area contributed by atoms with Crippen LogP contribution < -0.4 is 4.57 Å². The van der Waals surface area contributed by atoms with Crippen LogP contribution in [0.15, 0.2) is 54.7 Å². The van der Waals surface area contributed by atoms with Crippen molar-refractivity contribution >= 4 is 64.1 Å². The number of thiophene rings is 1. The number of rotatable bonds is 0. The monoisotopic (exact) mass is 365 g/mol. The second kappa shape index (κ2) is 4.49. The van der Waals surface area contributed by atoms with Gasteiger partial charge in [0.25, 0.3) is 0 Å². The maximum atomic E-state index is 2.50. The van der Waals surface area contributed by atoms with Gasteiger partial charge in [-0.05, 0) is 47.7 Å².